The minimum Gasteiger partial charge on any atom is -0.468 e. The Morgan fingerprint density at radius 1 is 1.25 bits per heavy atom. The molecule has 1 aliphatic heterocycles. The summed E-state index contributed by atoms with van der Waals surface area (Å²) in [5.41, 5.74) is -0.0652. The largest absolute Gasteiger partial charge is 0.468 e. The Morgan fingerprint density at radius 3 is 2.71 bits per heavy atom. The molecule has 3 rings (SSSR count). The van der Waals surface area contributed by atoms with Gasteiger partial charge >= 0.3 is 6.03 Å². The minimum atomic E-state index is -0.813. The van der Waals surface area contributed by atoms with Gasteiger partial charge in [-0.1, -0.05) is 0 Å². The third-order valence-corrected chi connectivity index (χ3v) is 4.09. The average Bonchev–Trinajstić information content (AvgIpc) is 3.24. The van der Waals surface area contributed by atoms with Crippen LogP contribution in [-0.2, 0) is 0 Å². The van der Waals surface area contributed by atoms with Gasteiger partial charge in [-0.3, -0.25) is 4.90 Å². The summed E-state index contributed by atoms with van der Waals surface area (Å²) in [4.78, 5) is 14.3. The van der Waals surface area contributed by atoms with Gasteiger partial charge in [0.05, 0.1) is 18.0 Å². The molecule has 0 bridgehead atoms. The van der Waals surface area contributed by atoms with Crippen LogP contribution in [0.3, 0.4) is 0 Å². The van der Waals surface area contributed by atoms with Gasteiger partial charge in [-0.15, -0.1) is 0 Å². The summed E-state index contributed by atoms with van der Waals surface area (Å²) in [5.74, 6) is -0.720. The number of amides is 2. The van der Waals surface area contributed by atoms with Crippen molar-refractivity contribution < 1.29 is 18.0 Å². The number of furan rings is 1. The van der Waals surface area contributed by atoms with Gasteiger partial charge in [0, 0.05) is 12.6 Å². The summed E-state index contributed by atoms with van der Waals surface area (Å²) in [7, 11) is 0. The number of carbonyl (C=O) groups is 1. The molecular formula is C17H19F2N3O2. The highest BCUT2D eigenvalue weighted by atomic mass is 19.1. The van der Waals surface area contributed by atoms with Crippen LogP contribution in [0.1, 0.15) is 24.6 Å². The first-order chi connectivity index (χ1) is 11.6. The van der Waals surface area contributed by atoms with Crippen molar-refractivity contribution >= 4 is 11.7 Å². The van der Waals surface area contributed by atoms with Crippen LogP contribution < -0.4 is 10.6 Å². The molecule has 5 nitrogen and oxygen atoms in total. The Bertz CT molecular complexity index is 685. The number of rotatable bonds is 5. The first-order valence-electron chi connectivity index (χ1n) is 7.91. The molecule has 0 radical (unpaired) electrons. The van der Waals surface area contributed by atoms with Crippen molar-refractivity contribution in [1.82, 2.24) is 10.2 Å². The van der Waals surface area contributed by atoms with E-state index in [0.717, 1.165) is 43.8 Å². The molecule has 2 aromatic rings. The van der Waals surface area contributed by atoms with Crippen LogP contribution in [0.2, 0.25) is 0 Å². The molecule has 0 aliphatic carbocycles. The minimum absolute atomic E-state index is 0.0636. The smallest absolute Gasteiger partial charge is 0.319 e. The second-order valence-electron chi connectivity index (χ2n) is 5.73. The Morgan fingerprint density at radius 2 is 2.04 bits per heavy atom. The Hall–Kier alpha value is -2.41. The fourth-order valence-corrected chi connectivity index (χ4v) is 2.89. The third-order valence-electron chi connectivity index (χ3n) is 4.09. The van der Waals surface area contributed by atoms with Gasteiger partial charge in [0.2, 0.25) is 0 Å². The molecule has 2 N–H and O–H groups in total. The maximum absolute atomic E-state index is 13.6. The fraction of sp³-hybridized carbons (Fsp3) is 0.353. The predicted octanol–water partition coefficient (Wildman–Crippen LogP) is 3.52. The van der Waals surface area contributed by atoms with E-state index in [1.165, 1.54) is 6.07 Å². The SMILES string of the molecule is O=C(NC[C@H](c1ccco1)N1CCCC1)Nc1ccc(F)cc1F. The number of likely N-dealkylation sites (tertiary alicyclic amines) is 1. The number of halogens is 2. The van der Waals surface area contributed by atoms with Crippen LogP contribution in [0.15, 0.2) is 41.0 Å². The number of carbonyl (C=O) groups excluding carboxylic acids is 1. The van der Waals surface area contributed by atoms with Gasteiger partial charge in [-0.05, 0) is 50.2 Å². The van der Waals surface area contributed by atoms with Crippen LogP contribution in [0.5, 0.6) is 0 Å². The number of hydrogen-bond donors (Lipinski definition) is 2. The normalized spacial score (nSPS) is 16.1. The molecule has 0 saturated carbocycles. The molecule has 1 atom stereocenters. The number of urea groups is 1. The highest BCUT2D eigenvalue weighted by Gasteiger charge is 2.26. The fourth-order valence-electron chi connectivity index (χ4n) is 2.89. The Kier molecular flexibility index (Phi) is 5.10. The first kappa shape index (κ1) is 16.4. The molecule has 2 amide bonds. The lowest BCUT2D eigenvalue weighted by Gasteiger charge is -2.26. The van der Waals surface area contributed by atoms with Crippen molar-refractivity contribution in [2.24, 2.45) is 0 Å². The molecule has 1 saturated heterocycles. The second-order valence-corrected chi connectivity index (χ2v) is 5.73. The van der Waals surface area contributed by atoms with Crippen molar-refractivity contribution in [2.45, 2.75) is 18.9 Å². The monoisotopic (exact) mass is 335 g/mol. The van der Waals surface area contributed by atoms with Crippen LogP contribution in [0, 0.1) is 11.6 Å². The van der Waals surface area contributed by atoms with Crippen molar-refractivity contribution in [2.75, 3.05) is 25.0 Å². The molecule has 7 heteroatoms. The summed E-state index contributed by atoms with van der Waals surface area (Å²) in [6.07, 6.45) is 3.83. The van der Waals surface area contributed by atoms with E-state index in [1.54, 1.807) is 6.26 Å². The van der Waals surface area contributed by atoms with Crippen LogP contribution in [-0.4, -0.2) is 30.6 Å². The summed E-state index contributed by atoms with van der Waals surface area (Å²) < 4.78 is 31.9. The number of nitrogens with one attached hydrogen (secondary N) is 2. The maximum atomic E-state index is 13.6. The quantitative estimate of drug-likeness (QED) is 0.879. The molecular weight excluding hydrogens is 316 g/mol. The third kappa shape index (κ3) is 3.91. The van der Waals surface area contributed by atoms with E-state index >= 15 is 0 Å². The van der Waals surface area contributed by atoms with E-state index in [9.17, 15) is 13.6 Å². The average molecular weight is 335 g/mol. The van der Waals surface area contributed by atoms with Crippen molar-refractivity contribution in [3.63, 3.8) is 0 Å². The lowest BCUT2D eigenvalue weighted by Crippen LogP contribution is -2.38. The lowest BCUT2D eigenvalue weighted by atomic mass is 10.2. The van der Waals surface area contributed by atoms with Crippen molar-refractivity contribution in [3.05, 3.63) is 54.0 Å². The Labute approximate surface area is 138 Å². The summed E-state index contributed by atoms with van der Waals surface area (Å²) in [6.45, 7) is 2.23. The summed E-state index contributed by atoms with van der Waals surface area (Å²) >= 11 is 0. The summed E-state index contributed by atoms with van der Waals surface area (Å²) in [5, 5.41) is 5.11. The van der Waals surface area contributed by atoms with Gasteiger partial charge in [0.15, 0.2) is 0 Å². The molecule has 1 aromatic carbocycles. The van der Waals surface area contributed by atoms with E-state index in [2.05, 4.69) is 15.5 Å². The van der Waals surface area contributed by atoms with Crippen molar-refractivity contribution in [1.29, 1.82) is 0 Å². The van der Waals surface area contributed by atoms with E-state index in [-0.39, 0.29) is 11.7 Å². The van der Waals surface area contributed by atoms with Gasteiger partial charge in [-0.2, -0.15) is 0 Å². The highest BCUT2D eigenvalue weighted by molar-refractivity contribution is 5.89. The van der Waals surface area contributed by atoms with Crippen molar-refractivity contribution in [3.8, 4) is 0 Å². The number of hydrogen-bond acceptors (Lipinski definition) is 3. The number of anilines is 1. The standard InChI is InChI=1S/C17H19F2N3O2/c18-12-5-6-14(13(19)10-12)21-17(23)20-11-15(16-4-3-9-24-16)22-7-1-2-8-22/h3-6,9-10,15H,1-2,7-8,11H2,(H2,20,21,23)/t15-/m1/s1. The molecule has 128 valence electrons. The maximum Gasteiger partial charge on any atom is 0.319 e. The second kappa shape index (κ2) is 7.44. The molecule has 1 aliphatic rings. The van der Waals surface area contributed by atoms with E-state index in [0.29, 0.717) is 6.54 Å². The number of nitrogens with zero attached hydrogens (tertiary/aromatic N) is 1. The molecule has 1 aromatic heterocycles. The van der Waals surface area contributed by atoms with Crippen LogP contribution in [0.4, 0.5) is 19.3 Å². The molecule has 1 fully saturated rings. The van der Waals surface area contributed by atoms with Gasteiger partial charge in [0.25, 0.3) is 0 Å². The molecule has 0 spiro atoms. The molecule has 24 heavy (non-hydrogen) atoms. The van der Waals surface area contributed by atoms with E-state index in [4.69, 9.17) is 4.42 Å². The Balaban J connectivity index is 1.60. The van der Waals surface area contributed by atoms with Crippen LogP contribution in [0.25, 0.3) is 0 Å². The first-order valence-corrected chi connectivity index (χ1v) is 7.91. The topological polar surface area (TPSA) is 57.5 Å². The number of benzene rings is 1. The predicted molar refractivity (Wildman–Crippen MR) is 85.6 cm³/mol. The zero-order valence-corrected chi connectivity index (χ0v) is 13.1. The zero-order valence-electron chi connectivity index (χ0n) is 13.1. The lowest BCUT2D eigenvalue weighted by molar-refractivity contribution is 0.206. The van der Waals surface area contributed by atoms with Gasteiger partial charge < -0.3 is 15.1 Å². The molecule has 2 heterocycles. The van der Waals surface area contributed by atoms with Crippen LogP contribution >= 0.6 is 0 Å². The van der Waals surface area contributed by atoms with Gasteiger partial charge in [0.1, 0.15) is 17.4 Å². The van der Waals surface area contributed by atoms with E-state index < -0.39 is 17.7 Å². The van der Waals surface area contributed by atoms with E-state index in [1.807, 2.05) is 12.1 Å². The molecule has 0 unspecified atom stereocenters. The zero-order chi connectivity index (χ0) is 16.9. The highest BCUT2D eigenvalue weighted by Crippen LogP contribution is 2.25. The summed E-state index contributed by atoms with van der Waals surface area (Å²) in [6, 6.07) is 6.09. The van der Waals surface area contributed by atoms with Gasteiger partial charge in [-0.25, -0.2) is 13.6 Å².